The largest absolute Gasteiger partial charge is 0.444 e. The number of carbonyl (C=O) groups excluding carboxylic acids is 3. The van der Waals surface area contributed by atoms with Crippen LogP contribution in [-0.4, -0.2) is 52.5 Å². The summed E-state index contributed by atoms with van der Waals surface area (Å²) in [6.07, 6.45) is -0.509. The van der Waals surface area contributed by atoms with Crippen LogP contribution in [0.1, 0.15) is 36.0 Å². The molecule has 32 heavy (non-hydrogen) atoms. The number of nitrogens with one attached hydrogen (secondary N) is 2. The number of amides is 3. The van der Waals surface area contributed by atoms with Crippen molar-refractivity contribution in [2.24, 2.45) is 5.92 Å². The number of thiophene rings is 1. The summed E-state index contributed by atoms with van der Waals surface area (Å²) in [5.74, 6) is -0.450. The Kier molecular flexibility index (Phi) is 7.47. The lowest BCUT2D eigenvalue weighted by atomic mass is 9.86. The van der Waals surface area contributed by atoms with Gasteiger partial charge in [0.1, 0.15) is 11.1 Å². The SMILES string of the molecule is CC(C)(C)OC(=O)N1CC(CO)C(NC(=O)NSC(=O)c2ccccc2)(c2cccs2)C1. The lowest BCUT2D eigenvalue weighted by Gasteiger charge is -2.34. The van der Waals surface area contributed by atoms with E-state index in [4.69, 9.17) is 4.74 Å². The predicted molar refractivity (Wildman–Crippen MR) is 124 cm³/mol. The van der Waals surface area contributed by atoms with E-state index in [0.29, 0.717) is 17.5 Å². The van der Waals surface area contributed by atoms with Gasteiger partial charge in [-0.3, -0.25) is 9.52 Å². The van der Waals surface area contributed by atoms with Crippen molar-refractivity contribution in [3.05, 3.63) is 58.3 Å². The van der Waals surface area contributed by atoms with Crippen molar-refractivity contribution >= 4 is 40.5 Å². The fourth-order valence-electron chi connectivity index (χ4n) is 3.56. The van der Waals surface area contributed by atoms with Gasteiger partial charge < -0.3 is 20.1 Å². The van der Waals surface area contributed by atoms with Crippen LogP contribution in [0.3, 0.4) is 0 Å². The summed E-state index contributed by atoms with van der Waals surface area (Å²) >= 11 is 2.10. The Hall–Kier alpha value is -2.56. The third-order valence-electron chi connectivity index (χ3n) is 4.99. The highest BCUT2D eigenvalue weighted by Crippen LogP contribution is 2.40. The molecule has 3 amide bonds. The van der Waals surface area contributed by atoms with Crippen molar-refractivity contribution in [2.75, 3.05) is 19.7 Å². The molecule has 3 N–H and O–H groups in total. The van der Waals surface area contributed by atoms with Crippen molar-refractivity contribution in [1.82, 2.24) is 14.9 Å². The third kappa shape index (κ3) is 5.62. The number of hydrogen-bond donors (Lipinski definition) is 3. The van der Waals surface area contributed by atoms with Gasteiger partial charge in [-0.05, 0) is 32.2 Å². The summed E-state index contributed by atoms with van der Waals surface area (Å²) in [5, 5.41) is 14.6. The van der Waals surface area contributed by atoms with Crippen LogP contribution in [-0.2, 0) is 10.3 Å². The highest BCUT2D eigenvalue weighted by atomic mass is 32.2. The molecule has 1 aromatic heterocycles. The number of aliphatic hydroxyl groups is 1. The van der Waals surface area contributed by atoms with Crippen LogP contribution in [0.15, 0.2) is 47.8 Å². The molecule has 172 valence electrons. The number of carbonyl (C=O) groups is 3. The van der Waals surface area contributed by atoms with E-state index in [2.05, 4.69) is 10.0 Å². The van der Waals surface area contributed by atoms with Gasteiger partial charge in [0, 0.05) is 34.9 Å². The Bertz CT molecular complexity index is 946. The first-order valence-corrected chi connectivity index (χ1v) is 11.8. The minimum atomic E-state index is -1.01. The Morgan fingerprint density at radius 1 is 1.22 bits per heavy atom. The summed E-state index contributed by atoms with van der Waals surface area (Å²) < 4.78 is 8.02. The van der Waals surface area contributed by atoms with Crippen molar-refractivity contribution in [3.63, 3.8) is 0 Å². The normalized spacial score (nSPS) is 20.6. The van der Waals surface area contributed by atoms with E-state index in [9.17, 15) is 19.5 Å². The van der Waals surface area contributed by atoms with Crippen molar-refractivity contribution in [2.45, 2.75) is 31.9 Å². The van der Waals surface area contributed by atoms with Crippen molar-refractivity contribution in [1.29, 1.82) is 0 Å². The summed E-state index contributed by atoms with van der Waals surface area (Å²) in [4.78, 5) is 40.1. The molecule has 3 rings (SSSR count). The predicted octanol–water partition coefficient (Wildman–Crippen LogP) is 3.59. The molecule has 2 heterocycles. The van der Waals surface area contributed by atoms with Gasteiger partial charge in [0.25, 0.3) is 0 Å². The van der Waals surface area contributed by atoms with Crippen LogP contribution in [0.2, 0.25) is 0 Å². The van der Waals surface area contributed by atoms with Gasteiger partial charge in [0.15, 0.2) is 0 Å². The number of likely N-dealkylation sites (tertiary alicyclic amines) is 1. The number of nitrogens with zero attached hydrogens (tertiary/aromatic N) is 1. The van der Waals surface area contributed by atoms with Gasteiger partial charge in [0.05, 0.1) is 13.2 Å². The average Bonchev–Trinajstić information content (AvgIpc) is 3.40. The third-order valence-corrected chi connectivity index (χ3v) is 6.75. The Balaban J connectivity index is 1.76. The Morgan fingerprint density at radius 2 is 1.94 bits per heavy atom. The van der Waals surface area contributed by atoms with E-state index in [1.54, 1.807) is 51.1 Å². The highest BCUT2D eigenvalue weighted by molar-refractivity contribution is 8.12. The summed E-state index contributed by atoms with van der Waals surface area (Å²) in [7, 11) is 0. The second-order valence-electron chi connectivity index (χ2n) is 8.50. The van der Waals surface area contributed by atoms with Gasteiger partial charge in [-0.25, -0.2) is 9.59 Å². The van der Waals surface area contributed by atoms with Crippen LogP contribution in [0, 0.1) is 5.92 Å². The fourth-order valence-corrected chi connectivity index (χ4v) is 5.01. The molecule has 1 aliphatic rings. The molecule has 1 fully saturated rings. The van der Waals surface area contributed by atoms with Gasteiger partial charge >= 0.3 is 12.1 Å². The minimum Gasteiger partial charge on any atom is -0.444 e. The molecule has 2 atom stereocenters. The number of rotatable bonds is 4. The molecule has 0 spiro atoms. The van der Waals surface area contributed by atoms with E-state index in [1.165, 1.54) is 16.2 Å². The number of benzene rings is 1. The van der Waals surface area contributed by atoms with Gasteiger partial charge in [-0.2, -0.15) is 0 Å². The van der Waals surface area contributed by atoms with Crippen LogP contribution in [0.25, 0.3) is 0 Å². The topological polar surface area (TPSA) is 108 Å². The summed E-state index contributed by atoms with van der Waals surface area (Å²) in [6, 6.07) is 11.7. The van der Waals surface area contributed by atoms with E-state index < -0.39 is 29.2 Å². The zero-order valence-corrected chi connectivity index (χ0v) is 19.8. The minimum absolute atomic E-state index is 0.137. The zero-order valence-electron chi connectivity index (χ0n) is 18.2. The first-order chi connectivity index (χ1) is 15.1. The second-order valence-corrected chi connectivity index (χ2v) is 10.2. The molecular weight excluding hydrogens is 450 g/mol. The van der Waals surface area contributed by atoms with Crippen LogP contribution < -0.4 is 10.0 Å². The standard InChI is InChI=1S/C22H27N3O5S2/c1-21(2,3)30-20(29)25-12-16(13-26)22(14-25,17-10-7-11-31-17)23-19(28)24-32-18(27)15-8-5-4-6-9-15/h4-11,16,26H,12-14H2,1-3H3,(H2,23,24,28). The zero-order chi connectivity index (χ0) is 23.4. The maximum Gasteiger partial charge on any atom is 0.410 e. The van der Waals surface area contributed by atoms with Crippen molar-refractivity contribution in [3.8, 4) is 0 Å². The average molecular weight is 478 g/mol. The van der Waals surface area contributed by atoms with E-state index in [0.717, 1.165) is 4.88 Å². The maximum atomic E-state index is 12.8. The molecule has 8 nitrogen and oxygen atoms in total. The first kappa shape index (κ1) is 24.1. The van der Waals surface area contributed by atoms with E-state index >= 15 is 0 Å². The lowest BCUT2D eigenvalue weighted by molar-refractivity contribution is 0.0277. The summed E-state index contributed by atoms with van der Waals surface area (Å²) in [5.41, 5.74) is -1.21. The van der Waals surface area contributed by atoms with E-state index in [-0.39, 0.29) is 24.8 Å². The molecule has 0 radical (unpaired) electrons. The van der Waals surface area contributed by atoms with E-state index in [1.807, 2.05) is 17.5 Å². The molecule has 2 unspecified atom stereocenters. The van der Waals surface area contributed by atoms with Gasteiger partial charge in [-0.15, -0.1) is 11.3 Å². The van der Waals surface area contributed by atoms with Gasteiger partial charge in [-0.1, -0.05) is 36.4 Å². The first-order valence-electron chi connectivity index (χ1n) is 10.1. The quantitative estimate of drug-likeness (QED) is 0.581. The molecule has 1 aliphatic heterocycles. The molecule has 0 aliphatic carbocycles. The molecule has 10 heteroatoms. The summed E-state index contributed by atoms with van der Waals surface area (Å²) in [6.45, 7) is 5.46. The molecule has 1 saturated heterocycles. The fraction of sp³-hybridized carbons (Fsp3) is 0.409. The Morgan fingerprint density at radius 3 is 2.53 bits per heavy atom. The number of aliphatic hydroxyl groups excluding tert-OH is 1. The van der Waals surface area contributed by atoms with Gasteiger partial charge in [0.2, 0.25) is 5.12 Å². The highest BCUT2D eigenvalue weighted by Gasteiger charge is 2.51. The second kappa shape index (κ2) is 9.93. The number of ether oxygens (including phenoxy) is 1. The molecule has 0 saturated carbocycles. The van der Waals surface area contributed by atoms with Crippen LogP contribution in [0.5, 0.6) is 0 Å². The number of hydrogen-bond acceptors (Lipinski definition) is 7. The Labute approximate surface area is 195 Å². The van der Waals surface area contributed by atoms with Crippen LogP contribution in [0.4, 0.5) is 9.59 Å². The molecule has 1 aromatic carbocycles. The number of urea groups is 1. The maximum absolute atomic E-state index is 12.8. The monoisotopic (exact) mass is 477 g/mol. The van der Waals surface area contributed by atoms with Crippen molar-refractivity contribution < 1.29 is 24.2 Å². The van der Waals surface area contributed by atoms with Crippen LogP contribution >= 0.6 is 23.3 Å². The molecule has 0 bridgehead atoms. The lowest BCUT2D eigenvalue weighted by Crippen LogP contribution is -2.54. The molecule has 2 aromatic rings. The molecular formula is C22H27N3O5S2. The smallest absolute Gasteiger partial charge is 0.410 e.